The molecule has 0 aromatic rings. The summed E-state index contributed by atoms with van der Waals surface area (Å²) in [4.78, 5) is 16.0. The lowest BCUT2D eigenvalue weighted by Crippen LogP contribution is -2.42. The number of rotatable bonds is 3. The standard InChI is InChI=1S/C32H49NO/c1-7-33(8-2)30(34)31(5)19-11-14-24(4)28-17-18-29-25(15-12-20-32(28,29)6)21-26(22-31)27-16-10-9-13-23(27)3/h11,14,21,24,28-29H,3,7-10,12-13,15-20,22H2,1-2,4-6H3/t24-,28-,29?,31?,32-/m1/s1. The molecule has 0 heterocycles. The third kappa shape index (κ3) is 4.63. The molecule has 4 bridgehead atoms. The van der Waals surface area contributed by atoms with Gasteiger partial charge in [0.25, 0.3) is 0 Å². The van der Waals surface area contributed by atoms with Crippen LogP contribution in [0.1, 0.15) is 105 Å². The van der Waals surface area contributed by atoms with E-state index < -0.39 is 5.41 Å². The number of allylic oxidation sites excluding steroid dienone is 7. The molecule has 34 heavy (non-hydrogen) atoms. The summed E-state index contributed by atoms with van der Waals surface area (Å²) in [6.07, 6.45) is 20.5. The number of carbonyl (C=O) groups excluding carboxylic acids is 1. The minimum absolute atomic E-state index is 0.321. The zero-order valence-corrected chi connectivity index (χ0v) is 22.7. The van der Waals surface area contributed by atoms with E-state index in [0.29, 0.717) is 23.2 Å². The molecule has 0 N–H and O–H groups in total. The van der Waals surface area contributed by atoms with Crippen LogP contribution in [0.3, 0.4) is 0 Å². The first-order chi connectivity index (χ1) is 16.2. The van der Waals surface area contributed by atoms with E-state index in [1.807, 2.05) is 0 Å². The van der Waals surface area contributed by atoms with E-state index in [2.05, 4.69) is 64.3 Å². The van der Waals surface area contributed by atoms with Gasteiger partial charge in [0.15, 0.2) is 0 Å². The van der Waals surface area contributed by atoms with Crippen molar-refractivity contribution >= 4 is 5.91 Å². The average Bonchev–Trinajstić information content (AvgIpc) is 3.17. The van der Waals surface area contributed by atoms with Gasteiger partial charge in [0.2, 0.25) is 5.91 Å². The normalized spacial score (nSPS) is 38.7. The van der Waals surface area contributed by atoms with Crippen LogP contribution < -0.4 is 0 Å². The number of hydrogen-bond donors (Lipinski definition) is 0. The molecule has 0 aromatic heterocycles. The first kappa shape index (κ1) is 25.5. The third-order valence-electron chi connectivity index (χ3n) is 10.2. The van der Waals surface area contributed by atoms with Crippen molar-refractivity contribution in [2.24, 2.45) is 28.6 Å². The largest absolute Gasteiger partial charge is 0.343 e. The summed E-state index contributed by atoms with van der Waals surface area (Å²) >= 11 is 0. The van der Waals surface area contributed by atoms with Gasteiger partial charge in [-0.15, -0.1) is 0 Å². The summed E-state index contributed by atoms with van der Waals surface area (Å²) in [5, 5.41) is 0. The van der Waals surface area contributed by atoms with Gasteiger partial charge in [-0.1, -0.05) is 56.7 Å². The molecule has 4 rings (SSSR count). The molecule has 4 aliphatic carbocycles. The van der Waals surface area contributed by atoms with Gasteiger partial charge in [-0.2, -0.15) is 0 Å². The molecular formula is C32H49NO. The van der Waals surface area contributed by atoms with Crippen LogP contribution >= 0.6 is 0 Å². The Morgan fingerprint density at radius 2 is 1.82 bits per heavy atom. The molecule has 2 nitrogen and oxygen atoms in total. The Kier molecular flexibility index (Phi) is 7.65. The molecule has 0 radical (unpaired) electrons. The van der Waals surface area contributed by atoms with Gasteiger partial charge >= 0.3 is 0 Å². The molecule has 2 heteroatoms. The summed E-state index contributed by atoms with van der Waals surface area (Å²) in [6, 6.07) is 0. The Hall–Kier alpha value is -1.57. The van der Waals surface area contributed by atoms with Crippen molar-refractivity contribution in [3.63, 3.8) is 0 Å². The van der Waals surface area contributed by atoms with Gasteiger partial charge < -0.3 is 4.90 Å². The summed E-state index contributed by atoms with van der Waals surface area (Å²) in [7, 11) is 0. The molecule has 4 aliphatic rings. The van der Waals surface area contributed by atoms with E-state index in [1.165, 1.54) is 61.7 Å². The van der Waals surface area contributed by atoms with Crippen molar-refractivity contribution in [1.29, 1.82) is 0 Å². The van der Waals surface area contributed by atoms with Crippen LogP contribution in [-0.2, 0) is 4.79 Å². The van der Waals surface area contributed by atoms with E-state index in [-0.39, 0.29) is 0 Å². The SMILES string of the molecule is C=C1CCCCC1=C1C=C2CCC[C@@]3(C)C2CC[C@@H]3[C@H](C)C=CCC(C)(C(=O)N(CC)CC)C1. The fourth-order valence-electron chi connectivity index (χ4n) is 8.17. The second kappa shape index (κ2) is 10.2. The monoisotopic (exact) mass is 463 g/mol. The molecule has 188 valence electrons. The highest BCUT2D eigenvalue weighted by Crippen LogP contribution is 2.60. The molecule has 2 unspecified atom stereocenters. The third-order valence-corrected chi connectivity index (χ3v) is 10.2. The molecule has 0 aliphatic heterocycles. The number of carbonyl (C=O) groups is 1. The van der Waals surface area contributed by atoms with Crippen LogP contribution in [-0.4, -0.2) is 23.9 Å². The average molecular weight is 464 g/mol. The van der Waals surface area contributed by atoms with Crippen molar-refractivity contribution in [2.45, 2.75) is 105 Å². The number of nitrogens with zero attached hydrogens (tertiary/aromatic N) is 1. The maximum absolute atomic E-state index is 13.9. The molecule has 1 amide bonds. The minimum Gasteiger partial charge on any atom is -0.343 e. The van der Waals surface area contributed by atoms with E-state index in [0.717, 1.165) is 44.7 Å². The highest BCUT2D eigenvalue weighted by atomic mass is 16.2. The second-order valence-electron chi connectivity index (χ2n) is 12.3. The van der Waals surface area contributed by atoms with E-state index in [1.54, 1.807) is 5.57 Å². The number of hydrogen-bond acceptors (Lipinski definition) is 1. The van der Waals surface area contributed by atoms with Gasteiger partial charge in [-0.3, -0.25) is 4.79 Å². The van der Waals surface area contributed by atoms with Crippen molar-refractivity contribution < 1.29 is 4.79 Å². The van der Waals surface area contributed by atoms with Gasteiger partial charge in [-0.05, 0) is 119 Å². The molecule has 0 saturated heterocycles. The molecular weight excluding hydrogens is 414 g/mol. The summed E-state index contributed by atoms with van der Waals surface area (Å²) in [5.41, 5.74) is 5.95. The first-order valence-electron chi connectivity index (χ1n) is 14.3. The first-order valence-corrected chi connectivity index (χ1v) is 14.3. The maximum Gasteiger partial charge on any atom is 0.229 e. The summed E-state index contributed by atoms with van der Waals surface area (Å²) < 4.78 is 0. The quantitative estimate of drug-likeness (QED) is 0.385. The Balaban J connectivity index is 1.85. The fourth-order valence-corrected chi connectivity index (χ4v) is 8.17. The van der Waals surface area contributed by atoms with Crippen molar-refractivity contribution in [1.82, 2.24) is 4.90 Å². The van der Waals surface area contributed by atoms with E-state index in [9.17, 15) is 4.79 Å². The Morgan fingerprint density at radius 3 is 2.53 bits per heavy atom. The Morgan fingerprint density at radius 1 is 1.09 bits per heavy atom. The smallest absolute Gasteiger partial charge is 0.229 e. The Labute approximate surface area is 209 Å². The summed E-state index contributed by atoms with van der Waals surface area (Å²) in [5.74, 6) is 2.36. The van der Waals surface area contributed by atoms with Crippen LogP contribution in [0, 0.1) is 28.6 Å². The fraction of sp³-hybridized carbons (Fsp3) is 0.719. The zero-order chi connectivity index (χ0) is 24.5. The van der Waals surface area contributed by atoms with E-state index in [4.69, 9.17) is 0 Å². The summed E-state index contributed by atoms with van der Waals surface area (Å²) in [6.45, 7) is 17.6. The predicted octanol–water partition coefficient (Wildman–Crippen LogP) is 8.42. The van der Waals surface area contributed by atoms with Gasteiger partial charge in [0, 0.05) is 13.1 Å². The highest BCUT2D eigenvalue weighted by molar-refractivity contribution is 5.83. The Bertz CT molecular complexity index is 887. The molecule has 3 saturated carbocycles. The number of amides is 1. The lowest BCUT2D eigenvalue weighted by Gasteiger charge is -2.44. The van der Waals surface area contributed by atoms with Gasteiger partial charge in [-0.25, -0.2) is 0 Å². The van der Waals surface area contributed by atoms with Crippen molar-refractivity contribution in [3.05, 3.63) is 47.1 Å². The molecule has 3 fully saturated rings. The molecule has 0 spiro atoms. The second-order valence-corrected chi connectivity index (χ2v) is 12.3. The van der Waals surface area contributed by atoms with Crippen LogP contribution in [0.4, 0.5) is 0 Å². The topological polar surface area (TPSA) is 20.3 Å². The van der Waals surface area contributed by atoms with Crippen molar-refractivity contribution in [2.75, 3.05) is 13.1 Å². The lowest BCUT2D eigenvalue weighted by molar-refractivity contribution is -0.140. The molecule has 5 atom stereocenters. The predicted molar refractivity (Wildman–Crippen MR) is 144 cm³/mol. The van der Waals surface area contributed by atoms with Crippen LogP contribution in [0.5, 0.6) is 0 Å². The molecule has 0 aromatic carbocycles. The van der Waals surface area contributed by atoms with Crippen LogP contribution in [0.2, 0.25) is 0 Å². The van der Waals surface area contributed by atoms with Crippen LogP contribution in [0.25, 0.3) is 0 Å². The van der Waals surface area contributed by atoms with Crippen molar-refractivity contribution in [3.8, 4) is 0 Å². The van der Waals surface area contributed by atoms with E-state index >= 15 is 0 Å². The lowest BCUT2D eigenvalue weighted by atomic mass is 9.60. The van der Waals surface area contributed by atoms with Crippen LogP contribution in [0.15, 0.2) is 47.1 Å². The maximum atomic E-state index is 13.9. The zero-order valence-electron chi connectivity index (χ0n) is 22.7. The van der Waals surface area contributed by atoms with Gasteiger partial charge in [0.05, 0.1) is 5.41 Å². The minimum atomic E-state index is -0.407. The van der Waals surface area contributed by atoms with Gasteiger partial charge in [0.1, 0.15) is 0 Å². The highest BCUT2D eigenvalue weighted by Gasteiger charge is 2.50.